The molecule has 0 aromatic carbocycles. The van der Waals surface area contributed by atoms with Crippen LogP contribution in [0.5, 0.6) is 0 Å². The van der Waals surface area contributed by atoms with E-state index in [4.69, 9.17) is 4.74 Å². The third kappa shape index (κ3) is 13.7. The molecule has 0 heterocycles. The largest absolute Gasteiger partial charge is 0.458 e. The lowest BCUT2D eigenvalue weighted by atomic mass is 10.0. The minimum absolute atomic E-state index is 0.0976. The molecule has 0 saturated carbocycles. The minimum atomic E-state index is -0.171. The summed E-state index contributed by atoms with van der Waals surface area (Å²) in [5.74, 6) is -0.224. The standard InChI is InChI=1S/C24H40O2/c1-18(2)11-9-13-21(7)15-16-23(26-24(25)20(5)6)17-22(8)14-10-12-19(3)4/h11-12,15,17,20,23H,9-10,13-14,16H2,1-8H3/b21-15+,22-17+. The van der Waals surface area contributed by atoms with Gasteiger partial charge in [-0.05, 0) is 73.3 Å². The second-order valence-electron chi connectivity index (χ2n) is 8.07. The van der Waals surface area contributed by atoms with Crippen LogP contribution in [0.1, 0.15) is 87.5 Å². The predicted octanol–water partition coefficient (Wildman–Crippen LogP) is 7.33. The van der Waals surface area contributed by atoms with Crippen molar-refractivity contribution in [2.45, 2.75) is 93.6 Å². The number of allylic oxidation sites excluding steroid dienone is 6. The van der Waals surface area contributed by atoms with Crippen molar-refractivity contribution in [1.82, 2.24) is 0 Å². The molecule has 2 heteroatoms. The molecule has 148 valence electrons. The van der Waals surface area contributed by atoms with Crippen LogP contribution in [0.2, 0.25) is 0 Å². The Balaban J connectivity index is 4.90. The normalized spacial score (nSPS) is 13.4. The molecule has 0 N–H and O–H groups in total. The van der Waals surface area contributed by atoms with Crippen LogP contribution in [0.4, 0.5) is 0 Å². The molecule has 1 atom stereocenters. The summed E-state index contributed by atoms with van der Waals surface area (Å²) < 4.78 is 5.72. The first kappa shape index (κ1) is 24.4. The van der Waals surface area contributed by atoms with Gasteiger partial charge in [0.15, 0.2) is 0 Å². The summed E-state index contributed by atoms with van der Waals surface area (Å²) >= 11 is 0. The fourth-order valence-electron chi connectivity index (χ4n) is 2.43. The van der Waals surface area contributed by atoms with Gasteiger partial charge in [0.1, 0.15) is 6.10 Å². The van der Waals surface area contributed by atoms with Crippen molar-refractivity contribution in [2.75, 3.05) is 0 Å². The Morgan fingerprint density at radius 1 is 0.808 bits per heavy atom. The van der Waals surface area contributed by atoms with Gasteiger partial charge in [-0.1, -0.05) is 54.4 Å². The van der Waals surface area contributed by atoms with Crippen LogP contribution in [-0.4, -0.2) is 12.1 Å². The quantitative estimate of drug-likeness (QED) is 0.285. The summed E-state index contributed by atoms with van der Waals surface area (Å²) in [7, 11) is 0. The zero-order valence-corrected chi connectivity index (χ0v) is 18.3. The third-order valence-corrected chi connectivity index (χ3v) is 4.09. The minimum Gasteiger partial charge on any atom is -0.458 e. The van der Waals surface area contributed by atoms with E-state index in [0.717, 1.165) is 32.1 Å². The molecule has 2 nitrogen and oxygen atoms in total. The van der Waals surface area contributed by atoms with E-state index in [0.29, 0.717) is 0 Å². The van der Waals surface area contributed by atoms with Crippen molar-refractivity contribution in [3.05, 3.63) is 46.6 Å². The van der Waals surface area contributed by atoms with Crippen molar-refractivity contribution >= 4 is 5.97 Å². The fourth-order valence-corrected chi connectivity index (χ4v) is 2.43. The van der Waals surface area contributed by atoms with Crippen molar-refractivity contribution in [3.63, 3.8) is 0 Å². The van der Waals surface area contributed by atoms with Gasteiger partial charge >= 0.3 is 5.97 Å². The van der Waals surface area contributed by atoms with E-state index in [1.165, 1.54) is 22.3 Å². The monoisotopic (exact) mass is 360 g/mol. The first-order chi connectivity index (χ1) is 12.1. The number of rotatable bonds is 11. The van der Waals surface area contributed by atoms with E-state index in [2.05, 4.69) is 65.8 Å². The Bertz CT molecular complexity index is 537. The average Bonchev–Trinajstić information content (AvgIpc) is 2.51. The maximum absolute atomic E-state index is 12.0. The third-order valence-electron chi connectivity index (χ3n) is 4.09. The smallest absolute Gasteiger partial charge is 0.308 e. The van der Waals surface area contributed by atoms with Gasteiger partial charge in [-0.25, -0.2) is 0 Å². The zero-order valence-electron chi connectivity index (χ0n) is 18.3. The molecular weight excluding hydrogens is 320 g/mol. The second-order valence-corrected chi connectivity index (χ2v) is 8.07. The highest BCUT2D eigenvalue weighted by atomic mass is 16.5. The zero-order chi connectivity index (χ0) is 20.1. The van der Waals surface area contributed by atoms with Gasteiger partial charge < -0.3 is 4.74 Å². The molecule has 0 aliphatic heterocycles. The van der Waals surface area contributed by atoms with Crippen molar-refractivity contribution < 1.29 is 9.53 Å². The summed E-state index contributed by atoms with van der Waals surface area (Å²) in [4.78, 5) is 12.0. The summed E-state index contributed by atoms with van der Waals surface area (Å²) in [5, 5.41) is 0. The van der Waals surface area contributed by atoms with Crippen molar-refractivity contribution in [2.24, 2.45) is 5.92 Å². The lowest BCUT2D eigenvalue weighted by Gasteiger charge is -2.16. The van der Waals surface area contributed by atoms with Gasteiger partial charge in [-0.15, -0.1) is 0 Å². The van der Waals surface area contributed by atoms with Crippen LogP contribution in [-0.2, 0) is 9.53 Å². The predicted molar refractivity (Wildman–Crippen MR) is 114 cm³/mol. The number of esters is 1. The highest BCUT2D eigenvalue weighted by molar-refractivity contribution is 5.71. The highest BCUT2D eigenvalue weighted by Crippen LogP contribution is 2.15. The van der Waals surface area contributed by atoms with E-state index in [1.807, 2.05) is 13.8 Å². The molecule has 0 bridgehead atoms. The molecule has 0 aliphatic carbocycles. The number of hydrogen-bond acceptors (Lipinski definition) is 2. The molecule has 0 fully saturated rings. The topological polar surface area (TPSA) is 26.3 Å². The maximum Gasteiger partial charge on any atom is 0.308 e. The van der Waals surface area contributed by atoms with Gasteiger partial charge in [-0.3, -0.25) is 4.79 Å². The molecule has 0 amide bonds. The van der Waals surface area contributed by atoms with Crippen LogP contribution in [0, 0.1) is 5.92 Å². The molecule has 0 aromatic heterocycles. The Kier molecular flexibility index (Phi) is 12.8. The Labute approximate surface area is 162 Å². The fraction of sp³-hybridized carbons (Fsp3) is 0.625. The van der Waals surface area contributed by atoms with Crippen LogP contribution >= 0.6 is 0 Å². The average molecular weight is 361 g/mol. The Morgan fingerprint density at radius 2 is 1.31 bits per heavy atom. The lowest BCUT2D eigenvalue weighted by molar-refractivity contribution is -0.150. The van der Waals surface area contributed by atoms with Crippen molar-refractivity contribution in [3.8, 4) is 0 Å². The summed E-state index contributed by atoms with van der Waals surface area (Å²) in [5.41, 5.74) is 5.33. The molecule has 0 saturated heterocycles. The van der Waals surface area contributed by atoms with Crippen LogP contribution in [0.25, 0.3) is 0 Å². The van der Waals surface area contributed by atoms with E-state index < -0.39 is 0 Å². The highest BCUT2D eigenvalue weighted by Gasteiger charge is 2.14. The number of ether oxygens (including phenoxy) is 1. The van der Waals surface area contributed by atoms with Gasteiger partial charge in [0.05, 0.1) is 5.92 Å². The Hall–Kier alpha value is -1.57. The second kappa shape index (κ2) is 13.6. The molecule has 0 aliphatic rings. The molecule has 0 rings (SSSR count). The van der Waals surface area contributed by atoms with Gasteiger partial charge in [0.2, 0.25) is 0 Å². The number of carbonyl (C=O) groups excluding carboxylic acids is 1. The van der Waals surface area contributed by atoms with Gasteiger partial charge in [0.25, 0.3) is 0 Å². The molecular formula is C24H40O2. The molecule has 0 radical (unpaired) electrons. The van der Waals surface area contributed by atoms with Crippen LogP contribution in [0.3, 0.4) is 0 Å². The maximum atomic E-state index is 12.0. The molecule has 0 aromatic rings. The molecule has 1 unspecified atom stereocenters. The van der Waals surface area contributed by atoms with Crippen LogP contribution in [0.15, 0.2) is 46.6 Å². The first-order valence-corrected chi connectivity index (χ1v) is 9.92. The SMILES string of the molecule is CC(C)=CCC/C(C)=C/CC(/C=C(\C)CCC=C(C)C)OC(=O)C(C)C. The van der Waals surface area contributed by atoms with Gasteiger partial charge in [0, 0.05) is 6.42 Å². The molecule has 0 spiro atoms. The summed E-state index contributed by atoms with van der Waals surface area (Å²) in [6, 6.07) is 0. The molecule has 26 heavy (non-hydrogen) atoms. The van der Waals surface area contributed by atoms with Gasteiger partial charge in [-0.2, -0.15) is 0 Å². The Morgan fingerprint density at radius 3 is 1.77 bits per heavy atom. The number of hydrogen-bond donors (Lipinski definition) is 0. The van der Waals surface area contributed by atoms with E-state index in [-0.39, 0.29) is 18.0 Å². The van der Waals surface area contributed by atoms with E-state index in [9.17, 15) is 4.79 Å². The number of carbonyl (C=O) groups is 1. The first-order valence-electron chi connectivity index (χ1n) is 9.92. The van der Waals surface area contributed by atoms with E-state index in [1.54, 1.807) is 0 Å². The van der Waals surface area contributed by atoms with Crippen LogP contribution < -0.4 is 0 Å². The summed E-state index contributed by atoms with van der Waals surface area (Å²) in [6.45, 7) is 16.5. The van der Waals surface area contributed by atoms with Crippen molar-refractivity contribution in [1.29, 1.82) is 0 Å². The van der Waals surface area contributed by atoms with E-state index >= 15 is 0 Å². The lowest BCUT2D eigenvalue weighted by Crippen LogP contribution is -2.20. The summed E-state index contributed by atoms with van der Waals surface area (Å²) in [6.07, 6.45) is 13.6.